The van der Waals surface area contributed by atoms with Gasteiger partial charge in [0.25, 0.3) is 0 Å². The van der Waals surface area contributed by atoms with E-state index in [4.69, 9.17) is 20.9 Å². The lowest BCUT2D eigenvalue weighted by atomic mass is 10.2. The summed E-state index contributed by atoms with van der Waals surface area (Å²) in [5.74, 6) is 1.11. The summed E-state index contributed by atoms with van der Waals surface area (Å²) in [5.41, 5.74) is 14.9. The monoisotopic (exact) mass is 460 g/mol. The van der Waals surface area contributed by atoms with E-state index in [-0.39, 0.29) is 9.79 Å². The van der Waals surface area contributed by atoms with Crippen molar-refractivity contribution >= 4 is 21.2 Å². The van der Waals surface area contributed by atoms with Gasteiger partial charge in [0.2, 0.25) is 9.84 Å². The molecule has 33 heavy (non-hydrogen) atoms. The zero-order valence-corrected chi connectivity index (χ0v) is 18.7. The molecule has 0 aromatic heterocycles. The lowest BCUT2D eigenvalue weighted by molar-refractivity contribution is 0.306. The largest absolute Gasteiger partial charge is 0.489 e. The minimum absolute atomic E-state index is 0.180. The summed E-state index contributed by atoms with van der Waals surface area (Å²) >= 11 is 0. The Kier molecular flexibility index (Phi) is 6.51. The molecule has 0 unspecified atom stereocenters. The zero-order chi connectivity index (χ0) is 23.3. The quantitative estimate of drug-likeness (QED) is 0.365. The van der Waals surface area contributed by atoms with Crippen LogP contribution in [0.5, 0.6) is 11.5 Å². The number of ether oxygens (including phenoxy) is 2. The standard InChI is InChI=1S/C26H24N2O4S/c27-25-7-3-1-5-19(25)17-31-21-9-13-23(14-10-21)33(29,30)24-15-11-22(12-16-24)32-18-20-6-2-4-8-26(20)28/h1-16H,17-18,27-28H2. The number of hydrogen-bond acceptors (Lipinski definition) is 6. The van der Waals surface area contributed by atoms with Crippen LogP contribution >= 0.6 is 0 Å². The highest BCUT2D eigenvalue weighted by atomic mass is 32.2. The van der Waals surface area contributed by atoms with Gasteiger partial charge in [-0.25, -0.2) is 8.42 Å². The van der Waals surface area contributed by atoms with Gasteiger partial charge < -0.3 is 20.9 Å². The molecule has 0 saturated carbocycles. The van der Waals surface area contributed by atoms with Gasteiger partial charge in [0.15, 0.2) is 0 Å². The number of para-hydroxylation sites is 2. The van der Waals surface area contributed by atoms with E-state index < -0.39 is 9.84 Å². The summed E-state index contributed by atoms with van der Waals surface area (Å²) in [6.45, 7) is 0.601. The van der Waals surface area contributed by atoms with Gasteiger partial charge in [-0.05, 0) is 60.7 Å². The molecule has 0 aliphatic carbocycles. The average Bonchev–Trinajstić information content (AvgIpc) is 2.83. The van der Waals surface area contributed by atoms with E-state index in [0.717, 1.165) is 11.1 Å². The number of sulfone groups is 1. The third-order valence-electron chi connectivity index (χ3n) is 5.17. The molecular formula is C26H24N2O4S. The molecule has 4 rings (SSSR count). The van der Waals surface area contributed by atoms with Crippen LogP contribution in [0.2, 0.25) is 0 Å². The molecule has 0 saturated heterocycles. The summed E-state index contributed by atoms with van der Waals surface area (Å²) in [6, 6.07) is 27.5. The van der Waals surface area contributed by atoms with Crippen molar-refractivity contribution in [3.05, 3.63) is 108 Å². The Labute approximate surface area is 193 Å². The Hall–Kier alpha value is -3.97. The fourth-order valence-corrected chi connectivity index (χ4v) is 4.48. The number of rotatable bonds is 8. The van der Waals surface area contributed by atoms with Gasteiger partial charge >= 0.3 is 0 Å². The fraction of sp³-hybridized carbons (Fsp3) is 0.0769. The van der Waals surface area contributed by atoms with Crippen molar-refractivity contribution in [2.45, 2.75) is 23.0 Å². The van der Waals surface area contributed by atoms with Gasteiger partial charge in [-0.3, -0.25) is 0 Å². The number of benzene rings is 4. The van der Waals surface area contributed by atoms with Crippen LogP contribution in [0.15, 0.2) is 107 Å². The maximum atomic E-state index is 13.0. The number of nitrogens with two attached hydrogens (primary N) is 2. The first kappa shape index (κ1) is 22.2. The van der Waals surface area contributed by atoms with E-state index in [0.29, 0.717) is 36.1 Å². The van der Waals surface area contributed by atoms with Gasteiger partial charge in [-0.2, -0.15) is 0 Å². The molecule has 0 fully saturated rings. The highest BCUT2D eigenvalue weighted by molar-refractivity contribution is 7.91. The normalized spacial score (nSPS) is 11.2. The lowest BCUT2D eigenvalue weighted by Crippen LogP contribution is -2.03. The summed E-state index contributed by atoms with van der Waals surface area (Å²) in [5, 5.41) is 0. The van der Waals surface area contributed by atoms with Crippen molar-refractivity contribution in [2.24, 2.45) is 0 Å². The molecule has 6 nitrogen and oxygen atoms in total. The second-order valence-corrected chi connectivity index (χ2v) is 9.37. The number of nitrogen functional groups attached to an aromatic ring is 2. The molecule has 4 N–H and O–H groups in total. The molecule has 0 aliphatic rings. The Balaban J connectivity index is 1.41. The minimum atomic E-state index is -3.67. The smallest absolute Gasteiger partial charge is 0.206 e. The van der Waals surface area contributed by atoms with Crippen LogP contribution in [0.3, 0.4) is 0 Å². The van der Waals surface area contributed by atoms with Gasteiger partial charge in [-0.15, -0.1) is 0 Å². The first-order chi connectivity index (χ1) is 15.9. The van der Waals surface area contributed by atoms with Crippen LogP contribution in [0.4, 0.5) is 11.4 Å². The summed E-state index contributed by atoms with van der Waals surface area (Å²) < 4.78 is 37.4. The third kappa shape index (κ3) is 5.27. The molecular weight excluding hydrogens is 436 g/mol. The van der Waals surface area contributed by atoms with E-state index in [9.17, 15) is 8.42 Å². The van der Waals surface area contributed by atoms with Gasteiger partial charge in [-0.1, -0.05) is 36.4 Å². The molecule has 0 atom stereocenters. The van der Waals surface area contributed by atoms with Crippen LogP contribution in [-0.4, -0.2) is 8.42 Å². The van der Waals surface area contributed by atoms with Crippen molar-refractivity contribution in [2.75, 3.05) is 11.5 Å². The highest BCUT2D eigenvalue weighted by Crippen LogP contribution is 2.26. The predicted molar refractivity (Wildman–Crippen MR) is 129 cm³/mol. The van der Waals surface area contributed by atoms with E-state index in [1.54, 1.807) is 24.3 Å². The van der Waals surface area contributed by atoms with Crippen molar-refractivity contribution < 1.29 is 17.9 Å². The molecule has 0 radical (unpaired) electrons. The van der Waals surface area contributed by atoms with Crippen LogP contribution in [0, 0.1) is 0 Å². The van der Waals surface area contributed by atoms with Crippen LogP contribution in [-0.2, 0) is 23.1 Å². The summed E-state index contributed by atoms with van der Waals surface area (Å²) in [6.07, 6.45) is 0. The van der Waals surface area contributed by atoms with Gasteiger partial charge in [0, 0.05) is 22.5 Å². The molecule has 0 amide bonds. The second kappa shape index (κ2) is 9.67. The molecule has 0 bridgehead atoms. The Morgan fingerprint density at radius 2 is 0.909 bits per heavy atom. The topological polar surface area (TPSA) is 105 Å². The fourth-order valence-electron chi connectivity index (χ4n) is 3.22. The molecule has 0 heterocycles. The molecule has 7 heteroatoms. The van der Waals surface area contributed by atoms with Crippen LogP contribution in [0.1, 0.15) is 11.1 Å². The SMILES string of the molecule is Nc1ccccc1COc1ccc(S(=O)(=O)c2ccc(OCc3ccccc3N)cc2)cc1. The predicted octanol–water partition coefficient (Wildman–Crippen LogP) is 4.84. The first-order valence-corrected chi connectivity index (χ1v) is 11.8. The molecule has 0 aliphatic heterocycles. The van der Waals surface area contributed by atoms with Gasteiger partial charge in [0.05, 0.1) is 9.79 Å². The minimum Gasteiger partial charge on any atom is -0.489 e. The zero-order valence-electron chi connectivity index (χ0n) is 17.8. The van der Waals surface area contributed by atoms with Crippen molar-refractivity contribution in [3.63, 3.8) is 0 Å². The van der Waals surface area contributed by atoms with Crippen LogP contribution < -0.4 is 20.9 Å². The van der Waals surface area contributed by atoms with Crippen molar-refractivity contribution in [3.8, 4) is 11.5 Å². The molecule has 4 aromatic rings. The summed E-state index contributed by atoms with van der Waals surface area (Å²) in [7, 11) is -3.67. The van der Waals surface area contributed by atoms with Crippen molar-refractivity contribution in [1.29, 1.82) is 0 Å². The first-order valence-electron chi connectivity index (χ1n) is 10.3. The average molecular weight is 461 g/mol. The molecule has 168 valence electrons. The Bertz CT molecular complexity index is 1240. The number of anilines is 2. The van der Waals surface area contributed by atoms with E-state index >= 15 is 0 Å². The Morgan fingerprint density at radius 1 is 0.545 bits per heavy atom. The maximum Gasteiger partial charge on any atom is 0.206 e. The van der Waals surface area contributed by atoms with Crippen LogP contribution in [0.25, 0.3) is 0 Å². The van der Waals surface area contributed by atoms with E-state index in [2.05, 4.69) is 0 Å². The molecule has 0 spiro atoms. The van der Waals surface area contributed by atoms with Gasteiger partial charge in [0.1, 0.15) is 24.7 Å². The van der Waals surface area contributed by atoms with E-state index in [1.807, 2.05) is 48.5 Å². The molecule has 4 aromatic carbocycles. The van der Waals surface area contributed by atoms with Crippen molar-refractivity contribution in [1.82, 2.24) is 0 Å². The second-order valence-electron chi connectivity index (χ2n) is 7.42. The lowest BCUT2D eigenvalue weighted by Gasteiger charge is -2.11. The number of hydrogen-bond donors (Lipinski definition) is 2. The highest BCUT2D eigenvalue weighted by Gasteiger charge is 2.18. The van der Waals surface area contributed by atoms with E-state index in [1.165, 1.54) is 24.3 Å². The summed E-state index contributed by atoms with van der Waals surface area (Å²) in [4.78, 5) is 0.361. The third-order valence-corrected chi connectivity index (χ3v) is 6.95. The maximum absolute atomic E-state index is 13.0. The Morgan fingerprint density at radius 3 is 1.27 bits per heavy atom.